The van der Waals surface area contributed by atoms with Crippen LogP contribution in [-0.4, -0.2) is 38.0 Å². The Morgan fingerprint density at radius 1 is 1.28 bits per heavy atom. The lowest BCUT2D eigenvalue weighted by Gasteiger charge is -2.26. The number of hydrogen-bond acceptors (Lipinski definition) is 4. The van der Waals surface area contributed by atoms with E-state index in [-0.39, 0.29) is 29.4 Å². The zero-order valence-corrected chi connectivity index (χ0v) is 13.6. The number of rotatable bonds is 5. The van der Waals surface area contributed by atoms with Gasteiger partial charge in [0.05, 0.1) is 18.7 Å². The molecule has 1 aromatic heterocycles. The number of benzene rings is 1. The third kappa shape index (κ3) is 4.40. The number of carboxylic acid groups (broad SMARTS) is 1. The Hall–Kier alpha value is -2.77. The van der Waals surface area contributed by atoms with Crippen molar-refractivity contribution < 1.29 is 19.1 Å². The van der Waals surface area contributed by atoms with Crippen LogP contribution >= 0.6 is 0 Å². The van der Waals surface area contributed by atoms with Crippen LogP contribution in [0.25, 0.3) is 0 Å². The van der Waals surface area contributed by atoms with E-state index in [0.29, 0.717) is 32.2 Å². The predicted molar refractivity (Wildman–Crippen MR) is 86.4 cm³/mol. The van der Waals surface area contributed by atoms with E-state index in [4.69, 9.17) is 5.11 Å². The van der Waals surface area contributed by atoms with Gasteiger partial charge in [-0.3, -0.25) is 9.59 Å². The van der Waals surface area contributed by atoms with E-state index < -0.39 is 5.97 Å². The molecule has 0 saturated heterocycles. The summed E-state index contributed by atoms with van der Waals surface area (Å²) < 4.78 is 14.7. The van der Waals surface area contributed by atoms with Crippen LogP contribution in [0.4, 0.5) is 4.39 Å². The highest BCUT2D eigenvalue weighted by Gasteiger charge is 2.27. The average Bonchev–Trinajstić information content (AvgIpc) is 3.04. The zero-order valence-electron chi connectivity index (χ0n) is 13.6. The van der Waals surface area contributed by atoms with Crippen molar-refractivity contribution in [3.05, 3.63) is 47.5 Å². The molecule has 1 saturated carbocycles. The van der Waals surface area contributed by atoms with Crippen molar-refractivity contribution in [3.8, 4) is 0 Å². The number of halogens is 1. The van der Waals surface area contributed by atoms with E-state index in [0.717, 1.165) is 5.56 Å². The summed E-state index contributed by atoms with van der Waals surface area (Å²) in [7, 11) is 0. The van der Waals surface area contributed by atoms with Gasteiger partial charge < -0.3 is 10.4 Å². The molecule has 7 nitrogen and oxygen atoms in total. The van der Waals surface area contributed by atoms with E-state index in [2.05, 4.69) is 15.6 Å². The van der Waals surface area contributed by atoms with Crippen molar-refractivity contribution in [2.75, 3.05) is 0 Å². The first-order valence-electron chi connectivity index (χ1n) is 8.19. The number of carbonyl (C=O) groups is 2. The first-order chi connectivity index (χ1) is 12.0. The summed E-state index contributed by atoms with van der Waals surface area (Å²) in [6.45, 7) is 0.321. The quantitative estimate of drug-likeness (QED) is 0.861. The second kappa shape index (κ2) is 7.42. The molecule has 1 amide bonds. The molecule has 3 rings (SSSR count). The lowest BCUT2D eigenvalue weighted by molar-refractivity contribution is -0.142. The van der Waals surface area contributed by atoms with Crippen molar-refractivity contribution in [2.45, 2.75) is 38.3 Å². The monoisotopic (exact) mass is 346 g/mol. The molecule has 132 valence electrons. The molecule has 8 heteroatoms. The molecule has 2 N–H and O–H groups in total. The molecule has 0 spiro atoms. The number of nitrogens with zero attached hydrogens (tertiary/aromatic N) is 3. The topological polar surface area (TPSA) is 97.1 Å². The van der Waals surface area contributed by atoms with Crippen LogP contribution in [0.5, 0.6) is 0 Å². The van der Waals surface area contributed by atoms with Crippen LogP contribution in [0.3, 0.4) is 0 Å². The van der Waals surface area contributed by atoms with E-state index in [1.807, 2.05) is 0 Å². The van der Waals surface area contributed by atoms with Gasteiger partial charge in [0.2, 0.25) is 0 Å². The summed E-state index contributed by atoms with van der Waals surface area (Å²) >= 11 is 0. The molecule has 0 unspecified atom stereocenters. The van der Waals surface area contributed by atoms with E-state index in [9.17, 15) is 14.0 Å². The number of hydrogen-bond donors (Lipinski definition) is 2. The summed E-state index contributed by atoms with van der Waals surface area (Å²) in [6, 6.07) is 6.11. The number of aliphatic carboxylic acids is 1. The summed E-state index contributed by atoms with van der Waals surface area (Å²) in [5.41, 5.74) is 0.917. The maximum absolute atomic E-state index is 13.2. The SMILES string of the molecule is O=C(NC1CCC(C(=O)O)CC1)c1cn(Cc2cccc(F)c2)nn1. The molecule has 0 bridgehead atoms. The number of carbonyl (C=O) groups excluding carboxylic acids is 1. The van der Waals surface area contributed by atoms with Crippen molar-refractivity contribution in [1.82, 2.24) is 20.3 Å². The molecule has 1 aliphatic rings. The van der Waals surface area contributed by atoms with E-state index in [1.165, 1.54) is 23.0 Å². The second-order valence-electron chi connectivity index (χ2n) is 6.29. The number of amides is 1. The number of nitrogens with one attached hydrogen (secondary N) is 1. The molecule has 0 radical (unpaired) electrons. The highest BCUT2D eigenvalue weighted by Crippen LogP contribution is 2.24. The fraction of sp³-hybridized carbons (Fsp3) is 0.412. The molecule has 1 aliphatic carbocycles. The first-order valence-corrected chi connectivity index (χ1v) is 8.19. The molecule has 0 atom stereocenters. The molecule has 2 aromatic rings. The van der Waals surface area contributed by atoms with Crippen LogP contribution in [0, 0.1) is 11.7 Å². The summed E-state index contributed by atoms with van der Waals surface area (Å²) in [4.78, 5) is 23.2. The van der Waals surface area contributed by atoms with Gasteiger partial charge in [0.1, 0.15) is 5.82 Å². The average molecular weight is 346 g/mol. The van der Waals surface area contributed by atoms with Crippen LogP contribution in [0.1, 0.15) is 41.7 Å². The van der Waals surface area contributed by atoms with Gasteiger partial charge in [-0.25, -0.2) is 9.07 Å². The van der Waals surface area contributed by atoms with E-state index in [1.54, 1.807) is 12.1 Å². The standard InChI is InChI=1S/C17H19FN4O3/c18-13-3-1-2-11(8-13)9-22-10-15(20-21-22)16(23)19-14-6-4-12(5-7-14)17(24)25/h1-3,8,10,12,14H,4-7,9H2,(H,19,23)(H,24,25). The minimum absolute atomic E-state index is 0.0449. The Morgan fingerprint density at radius 2 is 2.04 bits per heavy atom. The zero-order chi connectivity index (χ0) is 17.8. The first kappa shape index (κ1) is 17.1. The minimum atomic E-state index is -0.773. The second-order valence-corrected chi connectivity index (χ2v) is 6.29. The Bertz CT molecular complexity index is 769. The van der Waals surface area contributed by atoms with Crippen molar-refractivity contribution in [1.29, 1.82) is 0 Å². The largest absolute Gasteiger partial charge is 0.481 e. The van der Waals surface area contributed by atoms with Gasteiger partial charge in [0.15, 0.2) is 5.69 Å². The normalized spacial score (nSPS) is 20.2. The van der Waals surface area contributed by atoms with Crippen molar-refractivity contribution in [2.24, 2.45) is 5.92 Å². The third-order valence-electron chi connectivity index (χ3n) is 4.42. The molecular formula is C17H19FN4O3. The lowest BCUT2D eigenvalue weighted by Crippen LogP contribution is -2.38. The van der Waals surface area contributed by atoms with Crippen LogP contribution in [0.15, 0.2) is 30.5 Å². The number of carboxylic acids is 1. The van der Waals surface area contributed by atoms with Gasteiger partial charge in [0.25, 0.3) is 5.91 Å². The Kier molecular flexibility index (Phi) is 5.06. The number of aromatic nitrogens is 3. The van der Waals surface area contributed by atoms with Crippen LogP contribution in [0.2, 0.25) is 0 Å². The molecule has 1 fully saturated rings. The van der Waals surface area contributed by atoms with Gasteiger partial charge in [-0.15, -0.1) is 5.10 Å². The molecule has 1 heterocycles. The third-order valence-corrected chi connectivity index (χ3v) is 4.42. The summed E-state index contributed by atoms with van der Waals surface area (Å²) in [5, 5.41) is 19.6. The van der Waals surface area contributed by atoms with Gasteiger partial charge in [0, 0.05) is 6.04 Å². The fourth-order valence-electron chi connectivity index (χ4n) is 3.05. The van der Waals surface area contributed by atoms with Gasteiger partial charge >= 0.3 is 5.97 Å². The fourth-order valence-corrected chi connectivity index (χ4v) is 3.05. The van der Waals surface area contributed by atoms with E-state index >= 15 is 0 Å². The molecular weight excluding hydrogens is 327 g/mol. The highest BCUT2D eigenvalue weighted by molar-refractivity contribution is 5.92. The lowest BCUT2D eigenvalue weighted by atomic mass is 9.86. The van der Waals surface area contributed by atoms with Crippen LogP contribution < -0.4 is 5.32 Å². The maximum Gasteiger partial charge on any atom is 0.306 e. The Labute approximate surface area is 143 Å². The van der Waals surface area contributed by atoms with Crippen molar-refractivity contribution in [3.63, 3.8) is 0 Å². The van der Waals surface area contributed by atoms with Gasteiger partial charge in [-0.05, 0) is 43.4 Å². The predicted octanol–water partition coefficient (Wildman–Crippen LogP) is 1.84. The van der Waals surface area contributed by atoms with Gasteiger partial charge in [-0.2, -0.15) is 0 Å². The van der Waals surface area contributed by atoms with Crippen LogP contribution in [-0.2, 0) is 11.3 Å². The summed E-state index contributed by atoms with van der Waals surface area (Å²) in [6.07, 6.45) is 3.92. The van der Waals surface area contributed by atoms with Crippen molar-refractivity contribution >= 4 is 11.9 Å². The molecule has 1 aromatic carbocycles. The summed E-state index contributed by atoms with van der Waals surface area (Å²) in [5.74, 6) is -1.75. The smallest absolute Gasteiger partial charge is 0.306 e. The van der Waals surface area contributed by atoms with Gasteiger partial charge in [-0.1, -0.05) is 17.3 Å². The highest BCUT2D eigenvalue weighted by atomic mass is 19.1. The minimum Gasteiger partial charge on any atom is -0.481 e. The Morgan fingerprint density at radius 3 is 2.72 bits per heavy atom. The molecule has 25 heavy (non-hydrogen) atoms. The molecule has 0 aliphatic heterocycles. The maximum atomic E-state index is 13.2. The Balaban J connectivity index is 1.55.